The summed E-state index contributed by atoms with van der Waals surface area (Å²) in [7, 11) is -2.25. The molecule has 20 heavy (non-hydrogen) atoms. The molecule has 0 saturated heterocycles. The molecule has 9 nitrogen and oxygen atoms in total. The molecule has 110 valence electrons. The Kier molecular flexibility index (Phi) is 5.00. The first kappa shape index (κ1) is 15.9. The van der Waals surface area contributed by atoms with Crippen molar-refractivity contribution in [2.24, 2.45) is 0 Å². The maximum Gasteiger partial charge on any atom is 0.282 e. The molecule has 0 bridgehead atoms. The van der Waals surface area contributed by atoms with Crippen LogP contribution < -0.4 is 10.0 Å². The molecule has 0 saturated carbocycles. The van der Waals surface area contributed by atoms with Crippen LogP contribution in [-0.2, 0) is 10.0 Å². The van der Waals surface area contributed by atoms with Gasteiger partial charge in [-0.25, -0.2) is 13.1 Å². The zero-order valence-corrected chi connectivity index (χ0v) is 11.3. The van der Waals surface area contributed by atoms with Crippen molar-refractivity contribution in [1.82, 2.24) is 10.0 Å². The molecule has 0 aliphatic heterocycles. The van der Waals surface area contributed by atoms with E-state index in [0.29, 0.717) is 0 Å². The molecule has 0 spiro atoms. The van der Waals surface area contributed by atoms with Crippen LogP contribution in [0.3, 0.4) is 0 Å². The highest BCUT2D eigenvalue weighted by Crippen LogP contribution is 2.22. The minimum Gasteiger partial charge on any atom is -0.508 e. The molecule has 0 unspecified atom stereocenters. The first-order valence-electron chi connectivity index (χ1n) is 5.43. The quantitative estimate of drug-likeness (QED) is 0.482. The predicted molar refractivity (Wildman–Crippen MR) is 69.9 cm³/mol. The Hall–Kier alpha value is -2.20. The Morgan fingerprint density at radius 3 is 2.65 bits per heavy atom. The van der Waals surface area contributed by atoms with E-state index < -0.39 is 26.5 Å². The third kappa shape index (κ3) is 4.17. The van der Waals surface area contributed by atoms with E-state index in [-0.39, 0.29) is 23.6 Å². The lowest BCUT2D eigenvalue weighted by atomic mass is 10.1. The number of nitro benzene ring substituents is 1. The van der Waals surface area contributed by atoms with E-state index in [1.165, 1.54) is 7.05 Å². The molecular formula is C10H13N3O6S. The average molecular weight is 303 g/mol. The summed E-state index contributed by atoms with van der Waals surface area (Å²) < 4.78 is 24.3. The van der Waals surface area contributed by atoms with E-state index in [9.17, 15) is 28.4 Å². The highest BCUT2D eigenvalue weighted by Gasteiger charge is 2.20. The maximum absolute atomic E-state index is 11.8. The lowest BCUT2D eigenvalue weighted by Crippen LogP contribution is -2.33. The van der Waals surface area contributed by atoms with Crippen molar-refractivity contribution in [2.45, 2.75) is 0 Å². The van der Waals surface area contributed by atoms with Crippen LogP contribution in [0, 0.1) is 10.1 Å². The Morgan fingerprint density at radius 2 is 2.10 bits per heavy atom. The lowest BCUT2D eigenvalue weighted by Gasteiger charge is -2.06. The third-order valence-electron chi connectivity index (χ3n) is 2.39. The number of phenols is 1. The average Bonchev–Trinajstić information content (AvgIpc) is 2.37. The standard InChI is InChI=1S/C10H13N3O6S/c1-11-20(18,19)5-4-12-10(15)8-6-7(14)2-3-9(8)13(16)17/h2-3,6,11,14H,4-5H2,1H3,(H,12,15). The van der Waals surface area contributed by atoms with Crippen LogP contribution >= 0.6 is 0 Å². The van der Waals surface area contributed by atoms with Crippen molar-refractivity contribution < 1.29 is 23.2 Å². The van der Waals surface area contributed by atoms with Crippen LogP contribution in [0.5, 0.6) is 5.75 Å². The summed E-state index contributed by atoms with van der Waals surface area (Å²) in [5, 5.41) is 22.2. The first-order valence-corrected chi connectivity index (χ1v) is 7.09. The van der Waals surface area contributed by atoms with Crippen molar-refractivity contribution in [3.8, 4) is 5.75 Å². The summed E-state index contributed by atoms with van der Waals surface area (Å²) in [6.07, 6.45) is 0. The van der Waals surface area contributed by atoms with Gasteiger partial charge >= 0.3 is 0 Å². The summed E-state index contributed by atoms with van der Waals surface area (Å²) in [4.78, 5) is 21.7. The Morgan fingerprint density at radius 1 is 1.45 bits per heavy atom. The van der Waals surface area contributed by atoms with Gasteiger partial charge < -0.3 is 10.4 Å². The second-order valence-corrected chi connectivity index (χ2v) is 5.78. The molecule has 0 radical (unpaired) electrons. The molecule has 0 atom stereocenters. The smallest absolute Gasteiger partial charge is 0.282 e. The van der Waals surface area contributed by atoms with E-state index in [2.05, 4.69) is 10.0 Å². The number of phenolic OH excluding ortho intramolecular Hbond substituents is 1. The van der Waals surface area contributed by atoms with Crippen LogP contribution in [-0.4, -0.2) is 43.7 Å². The van der Waals surface area contributed by atoms with Crippen molar-refractivity contribution in [3.05, 3.63) is 33.9 Å². The van der Waals surface area contributed by atoms with Gasteiger partial charge in [-0.15, -0.1) is 0 Å². The Balaban J connectivity index is 2.83. The number of hydrogen-bond donors (Lipinski definition) is 3. The molecule has 0 aliphatic rings. The van der Waals surface area contributed by atoms with Crippen LogP contribution in [0.4, 0.5) is 5.69 Å². The summed E-state index contributed by atoms with van der Waals surface area (Å²) in [5.41, 5.74) is -0.811. The Bertz CT molecular complexity index is 628. The van der Waals surface area contributed by atoms with Crippen molar-refractivity contribution >= 4 is 21.6 Å². The van der Waals surface area contributed by atoms with Gasteiger partial charge in [-0.2, -0.15) is 0 Å². The summed E-state index contributed by atoms with van der Waals surface area (Å²) in [5.74, 6) is -1.50. The first-order chi connectivity index (χ1) is 9.26. The Labute approximate surface area is 114 Å². The number of nitrogens with one attached hydrogen (secondary N) is 2. The van der Waals surface area contributed by atoms with E-state index >= 15 is 0 Å². The van der Waals surface area contributed by atoms with Gasteiger partial charge in [0.25, 0.3) is 11.6 Å². The van der Waals surface area contributed by atoms with Crippen molar-refractivity contribution in [2.75, 3.05) is 19.3 Å². The summed E-state index contributed by atoms with van der Waals surface area (Å²) in [6.45, 7) is -0.213. The molecule has 1 amide bonds. The highest BCUT2D eigenvalue weighted by atomic mass is 32.2. The summed E-state index contributed by atoms with van der Waals surface area (Å²) in [6, 6.07) is 3.02. The minimum atomic E-state index is -3.48. The molecule has 1 aromatic carbocycles. The SMILES string of the molecule is CNS(=O)(=O)CCNC(=O)c1cc(O)ccc1[N+](=O)[O-]. The van der Waals surface area contributed by atoms with Gasteiger partial charge in [-0.1, -0.05) is 0 Å². The molecule has 10 heteroatoms. The molecule has 0 aliphatic carbocycles. The topological polar surface area (TPSA) is 139 Å². The number of aromatic hydroxyl groups is 1. The van der Waals surface area contributed by atoms with E-state index in [4.69, 9.17) is 0 Å². The van der Waals surface area contributed by atoms with Gasteiger partial charge in [-0.3, -0.25) is 14.9 Å². The van der Waals surface area contributed by atoms with Crippen LogP contribution in [0.2, 0.25) is 0 Å². The lowest BCUT2D eigenvalue weighted by molar-refractivity contribution is -0.385. The molecule has 0 fully saturated rings. The zero-order chi connectivity index (χ0) is 15.3. The fourth-order valence-corrected chi connectivity index (χ4v) is 1.94. The molecule has 1 rings (SSSR count). The minimum absolute atomic E-state index is 0.213. The molecule has 1 aromatic rings. The van der Waals surface area contributed by atoms with Crippen LogP contribution in [0.1, 0.15) is 10.4 Å². The number of sulfonamides is 1. The maximum atomic E-state index is 11.8. The third-order valence-corrected chi connectivity index (χ3v) is 3.75. The number of carbonyl (C=O) groups excluding carboxylic acids is 1. The highest BCUT2D eigenvalue weighted by molar-refractivity contribution is 7.89. The van der Waals surface area contributed by atoms with Gasteiger partial charge in [0, 0.05) is 12.6 Å². The van der Waals surface area contributed by atoms with Gasteiger partial charge in [0.15, 0.2) is 0 Å². The van der Waals surface area contributed by atoms with E-state index in [0.717, 1.165) is 18.2 Å². The molecule has 0 aromatic heterocycles. The number of amides is 1. The van der Waals surface area contributed by atoms with Gasteiger partial charge in [0.2, 0.25) is 10.0 Å². The van der Waals surface area contributed by atoms with E-state index in [1.54, 1.807) is 0 Å². The van der Waals surface area contributed by atoms with Gasteiger partial charge in [0.05, 0.1) is 10.7 Å². The monoisotopic (exact) mass is 303 g/mol. The van der Waals surface area contributed by atoms with Gasteiger partial charge in [0.1, 0.15) is 11.3 Å². The van der Waals surface area contributed by atoms with Crippen LogP contribution in [0.15, 0.2) is 18.2 Å². The normalized spacial score (nSPS) is 11.1. The molecule has 3 N–H and O–H groups in total. The number of rotatable bonds is 6. The van der Waals surface area contributed by atoms with Crippen LogP contribution in [0.25, 0.3) is 0 Å². The largest absolute Gasteiger partial charge is 0.508 e. The number of benzene rings is 1. The second kappa shape index (κ2) is 6.30. The zero-order valence-electron chi connectivity index (χ0n) is 10.5. The second-order valence-electron chi connectivity index (χ2n) is 3.74. The van der Waals surface area contributed by atoms with Crippen molar-refractivity contribution in [1.29, 1.82) is 0 Å². The number of nitrogens with zero attached hydrogens (tertiary/aromatic N) is 1. The predicted octanol–water partition coefficient (Wildman–Crippen LogP) is -0.421. The van der Waals surface area contributed by atoms with Gasteiger partial charge in [-0.05, 0) is 19.2 Å². The summed E-state index contributed by atoms with van der Waals surface area (Å²) >= 11 is 0. The van der Waals surface area contributed by atoms with E-state index in [1.807, 2.05) is 0 Å². The van der Waals surface area contributed by atoms with Crippen molar-refractivity contribution in [3.63, 3.8) is 0 Å². The fourth-order valence-electron chi connectivity index (χ4n) is 1.36. The number of hydrogen-bond acceptors (Lipinski definition) is 6. The molecule has 0 heterocycles. The fraction of sp³-hybridized carbons (Fsp3) is 0.300. The number of nitro groups is 1. The molecular weight excluding hydrogens is 290 g/mol. The number of carbonyl (C=O) groups is 1.